The van der Waals surface area contributed by atoms with Crippen LogP contribution in [0.25, 0.3) is 0 Å². The molecule has 1 aromatic rings. The predicted octanol–water partition coefficient (Wildman–Crippen LogP) is 2.77. The monoisotopic (exact) mass is 248 g/mol. The van der Waals surface area contributed by atoms with Crippen molar-refractivity contribution in [3.63, 3.8) is 0 Å². The van der Waals surface area contributed by atoms with Gasteiger partial charge in [0, 0.05) is 18.0 Å². The Morgan fingerprint density at radius 1 is 1.28 bits per heavy atom. The van der Waals surface area contributed by atoms with Crippen LogP contribution >= 0.6 is 0 Å². The second-order valence-electron chi connectivity index (χ2n) is 5.04. The van der Waals surface area contributed by atoms with Crippen LogP contribution in [0.1, 0.15) is 51.6 Å². The van der Waals surface area contributed by atoms with Gasteiger partial charge in [-0.25, -0.2) is 0 Å². The Morgan fingerprint density at radius 2 is 1.83 bits per heavy atom. The molecule has 1 aromatic carbocycles. The maximum absolute atomic E-state index is 12.0. The molecule has 0 fully saturated rings. The van der Waals surface area contributed by atoms with Crippen molar-refractivity contribution in [3.05, 3.63) is 35.9 Å². The fourth-order valence-electron chi connectivity index (χ4n) is 1.83. The van der Waals surface area contributed by atoms with E-state index in [1.165, 1.54) is 0 Å². The average Bonchev–Trinajstić information content (AvgIpc) is 2.39. The van der Waals surface area contributed by atoms with E-state index >= 15 is 0 Å². The first kappa shape index (κ1) is 14.7. The van der Waals surface area contributed by atoms with Gasteiger partial charge >= 0.3 is 0 Å². The van der Waals surface area contributed by atoms with Crippen molar-refractivity contribution in [2.75, 3.05) is 0 Å². The van der Waals surface area contributed by atoms with Gasteiger partial charge in [-0.3, -0.25) is 4.79 Å². The van der Waals surface area contributed by atoms with Crippen molar-refractivity contribution < 1.29 is 4.79 Å². The zero-order valence-corrected chi connectivity index (χ0v) is 11.6. The molecule has 18 heavy (non-hydrogen) atoms. The van der Waals surface area contributed by atoms with Gasteiger partial charge in [-0.2, -0.15) is 0 Å². The Hall–Kier alpha value is -1.35. The Balaban J connectivity index is 2.55. The number of rotatable bonds is 6. The van der Waals surface area contributed by atoms with Gasteiger partial charge in [-0.1, -0.05) is 44.2 Å². The Morgan fingerprint density at radius 3 is 2.33 bits per heavy atom. The molecule has 0 aromatic heterocycles. The molecule has 0 aliphatic carbocycles. The lowest BCUT2D eigenvalue weighted by atomic mass is 9.94. The molecule has 0 spiro atoms. The molecular weight excluding hydrogens is 224 g/mol. The van der Waals surface area contributed by atoms with Crippen LogP contribution in [0.3, 0.4) is 0 Å². The van der Waals surface area contributed by atoms with Crippen LogP contribution < -0.4 is 11.1 Å². The third kappa shape index (κ3) is 4.15. The van der Waals surface area contributed by atoms with Crippen molar-refractivity contribution in [2.24, 2.45) is 5.73 Å². The first-order chi connectivity index (χ1) is 8.50. The second kappa shape index (κ2) is 6.55. The molecule has 100 valence electrons. The zero-order chi connectivity index (χ0) is 13.6. The molecule has 0 radical (unpaired) electrons. The van der Waals surface area contributed by atoms with Crippen LogP contribution in [0, 0.1) is 0 Å². The van der Waals surface area contributed by atoms with E-state index in [0.717, 1.165) is 18.4 Å². The number of carbonyl (C=O) groups excluding carboxylic acids is 1. The maximum Gasteiger partial charge on any atom is 0.222 e. The molecule has 0 bridgehead atoms. The molecule has 1 rings (SSSR count). The number of hydrogen-bond acceptors (Lipinski definition) is 2. The van der Waals surface area contributed by atoms with Gasteiger partial charge in [0.15, 0.2) is 0 Å². The third-order valence-electron chi connectivity index (χ3n) is 3.63. The van der Waals surface area contributed by atoms with Crippen LogP contribution in [-0.2, 0) is 4.79 Å². The smallest absolute Gasteiger partial charge is 0.222 e. The van der Waals surface area contributed by atoms with Crippen LogP contribution in [0.15, 0.2) is 30.3 Å². The number of hydrogen-bond donors (Lipinski definition) is 2. The second-order valence-corrected chi connectivity index (χ2v) is 5.04. The summed E-state index contributed by atoms with van der Waals surface area (Å²) in [6, 6.07) is 9.50. The van der Waals surface area contributed by atoms with Gasteiger partial charge in [-0.15, -0.1) is 0 Å². The summed E-state index contributed by atoms with van der Waals surface area (Å²) >= 11 is 0. The molecular formula is C15H24N2O. The summed E-state index contributed by atoms with van der Waals surface area (Å²) in [6.07, 6.45) is 2.19. The van der Waals surface area contributed by atoms with E-state index in [2.05, 4.69) is 26.1 Å². The van der Waals surface area contributed by atoms with Gasteiger partial charge < -0.3 is 11.1 Å². The number of carbonyl (C=O) groups is 1. The molecule has 0 saturated carbocycles. The minimum Gasteiger partial charge on any atom is -0.351 e. The molecule has 0 aliphatic heterocycles. The van der Waals surface area contributed by atoms with E-state index in [9.17, 15) is 4.79 Å². The lowest BCUT2D eigenvalue weighted by Gasteiger charge is -2.28. The summed E-state index contributed by atoms with van der Waals surface area (Å²) in [6.45, 7) is 6.24. The van der Waals surface area contributed by atoms with E-state index in [-0.39, 0.29) is 17.5 Å². The van der Waals surface area contributed by atoms with Gasteiger partial charge in [0.25, 0.3) is 0 Å². The molecule has 0 aliphatic rings. The van der Waals surface area contributed by atoms with Crippen molar-refractivity contribution in [3.8, 4) is 0 Å². The minimum atomic E-state index is -0.232. The third-order valence-corrected chi connectivity index (χ3v) is 3.63. The number of nitrogens with two attached hydrogens (primary N) is 1. The Bertz CT molecular complexity index is 371. The highest BCUT2D eigenvalue weighted by Gasteiger charge is 2.22. The summed E-state index contributed by atoms with van der Waals surface area (Å²) in [4.78, 5) is 12.0. The lowest BCUT2D eigenvalue weighted by molar-refractivity contribution is -0.123. The standard InChI is InChI=1S/C15H24N2O/c1-4-15(3,5-2)17-14(18)11-13(16)12-9-7-6-8-10-12/h6-10,13H,4-5,11,16H2,1-3H3,(H,17,18). The van der Waals surface area contributed by atoms with Crippen LogP contribution in [0.2, 0.25) is 0 Å². The molecule has 1 amide bonds. The topological polar surface area (TPSA) is 55.1 Å². The summed E-state index contributed by atoms with van der Waals surface area (Å²) in [7, 11) is 0. The Labute approximate surface area is 110 Å². The predicted molar refractivity (Wildman–Crippen MR) is 75.1 cm³/mol. The van der Waals surface area contributed by atoms with E-state index in [1.807, 2.05) is 30.3 Å². The maximum atomic E-state index is 12.0. The van der Waals surface area contributed by atoms with E-state index in [0.29, 0.717) is 6.42 Å². The molecule has 3 nitrogen and oxygen atoms in total. The molecule has 3 heteroatoms. The van der Waals surface area contributed by atoms with Crippen molar-refractivity contribution in [1.29, 1.82) is 0 Å². The van der Waals surface area contributed by atoms with E-state index < -0.39 is 0 Å². The fraction of sp³-hybridized carbons (Fsp3) is 0.533. The molecule has 1 atom stereocenters. The average molecular weight is 248 g/mol. The summed E-state index contributed by atoms with van der Waals surface area (Å²) < 4.78 is 0. The lowest BCUT2D eigenvalue weighted by Crippen LogP contribution is -2.45. The summed E-state index contributed by atoms with van der Waals surface area (Å²) in [5.74, 6) is 0.0255. The normalized spacial score (nSPS) is 13.1. The zero-order valence-electron chi connectivity index (χ0n) is 11.6. The molecule has 3 N–H and O–H groups in total. The summed E-state index contributed by atoms with van der Waals surface area (Å²) in [5, 5.41) is 3.07. The first-order valence-corrected chi connectivity index (χ1v) is 6.62. The first-order valence-electron chi connectivity index (χ1n) is 6.62. The van der Waals surface area contributed by atoms with Gasteiger partial charge in [0.2, 0.25) is 5.91 Å². The van der Waals surface area contributed by atoms with Gasteiger partial charge in [0.05, 0.1) is 0 Å². The molecule has 1 unspecified atom stereocenters. The Kier molecular flexibility index (Phi) is 5.35. The van der Waals surface area contributed by atoms with Crippen LogP contribution in [0.5, 0.6) is 0 Å². The summed E-state index contributed by atoms with van der Waals surface area (Å²) in [5.41, 5.74) is 6.92. The number of nitrogens with one attached hydrogen (secondary N) is 1. The highest BCUT2D eigenvalue weighted by molar-refractivity contribution is 5.77. The number of benzene rings is 1. The van der Waals surface area contributed by atoms with Gasteiger partial charge in [-0.05, 0) is 25.3 Å². The van der Waals surface area contributed by atoms with Crippen molar-refractivity contribution in [2.45, 2.75) is 51.6 Å². The highest BCUT2D eigenvalue weighted by Crippen LogP contribution is 2.17. The van der Waals surface area contributed by atoms with Crippen LogP contribution in [0.4, 0.5) is 0 Å². The van der Waals surface area contributed by atoms with Gasteiger partial charge in [0.1, 0.15) is 0 Å². The van der Waals surface area contributed by atoms with Crippen LogP contribution in [-0.4, -0.2) is 11.4 Å². The van der Waals surface area contributed by atoms with Crippen molar-refractivity contribution in [1.82, 2.24) is 5.32 Å². The SMILES string of the molecule is CCC(C)(CC)NC(=O)CC(N)c1ccccc1. The quantitative estimate of drug-likeness (QED) is 0.813. The van der Waals surface area contributed by atoms with E-state index in [1.54, 1.807) is 0 Å². The van der Waals surface area contributed by atoms with E-state index in [4.69, 9.17) is 5.73 Å². The highest BCUT2D eigenvalue weighted by atomic mass is 16.1. The molecule has 0 saturated heterocycles. The minimum absolute atomic E-state index is 0.0255. The molecule has 0 heterocycles. The van der Waals surface area contributed by atoms with Crippen molar-refractivity contribution >= 4 is 5.91 Å². The number of amides is 1. The fourth-order valence-corrected chi connectivity index (χ4v) is 1.83. The largest absolute Gasteiger partial charge is 0.351 e.